The number of epoxide rings is 1. The first-order valence-corrected chi connectivity index (χ1v) is 14.3. The number of aliphatic hydroxyl groups excluding tert-OH is 3. The van der Waals surface area contributed by atoms with E-state index in [2.05, 4.69) is 13.8 Å². The molecule has 2 aliphatic heterocycles. The van der Waals surface area contributed by atoms with E-state index < -0.39 is 35.2 Å². The Morgan fingerprint density at radius 1 is 1.26 bits per heavy atom. The average molecular weight is 545 g/mol. The Labute approximate surface area is 228 Å². The molecule has 0 aromatic rings. The molecule has 3 saturated carbocycles. The predicted molar refractivity (Wildman–Crippen MR) is 137 cm³/mol. The van der Waals surface area contributed by atoms with Gasteiger partial charge < -0.3 is 29.5 Å². The van der Waals surface area contributed by atoms with Crippen LogP contribution in [0.5, 0.6) is 0 Å². The summed E-state index contributed by atoms with van der Waals surface area (Å²) >= 11 is 0. The second-order valence-corrected chi connectivity index (χ2v) is 13.2. The fourth-order valence-corrected chi connectivity index (χ4v) is 9.99. The van der Waals surface area contributed by atoms with Gasteiger partial charge in [-0.1, -0.05) is 19.4 Å². The van der Waals surface area contributed by atoms with Crippen molar-refractivity contribution in [3.8, 4) is 0 Å². The molecule has 39 heavy (non-hydrogen) atoms. The number of ketones is 1. The van der Waals surface area contributed by atoms with Crippen molar-refractivity contribution in [1.29, 1.82) is 0 Å². The van der Waals surface area contributed by atoms with Gasteiger partial charge in [-0.05, 0) is 79.8 Å². The smallest absolute Gasteiger partial charge is 0.336 e. The van der Waals surface area contributed by atoms with Gasteiger partial charge >= 0.3 is 11.9 Å². The number of allylic oxidation sites excluding steroid dienone is 1. The van der Waals surface area contributed by atoms with E-state index in [0.717, 1.165) is 12.0 Å². The van der Waals surface area contributed by atoms with E-state index in [1.54, 1.807) is 0 Å². The summed E-state index contributed by atoms with van der Waals surface area (Å²) < 4.78 is 17.6. The van der Waals surface area contributed by atoms with Crippen LogP contribution in [0.1, 0.15) is 59.8 Å². The number of hydrogen-bond donors (Lipinski definition) is 3. The van der Waals surface area contributed by atoms with Gasteiger partial charge in [0, 0.05) is 13.3 Å². The zero-order valence-corrected chi connectivity index (χ0v) is 23.1. The minimum Gasteiger partial charge on any atom is -0.465 e. The Morgan fingerprint density at radius 3 is 2.67 bits per heavy atom. The monoisotopic (exact) mass is 544 g/mol. The van der Waals surface area contributed by atoms with Crippen molar-refractivity contribution in [2.45, 2.75) is 89.8 Å². The Bertz CT molecular complexity index is 1160. The van der Waals surface area contributed by atoms with Gasteiger partial charge in [-0.15, -0.1) is 0 Å². The van der Waals surface area contributed by atoms with Crippen LogP contribution in [0.4, 0.5) is 0 Å². The van der Waals surface area contributed by atoms with E-state index in [0.29, 0.717) is 31.3 Å². The predicted octanol–water partition coefficient (Wildman–Crippen LogP) is 1.87. The Kier molecular flexibility index (Phi) is 6.23. The molecule has 9 nitrogen and oxygen atoms in total. The topological polar surface area (TPSA) is 143 Å². The van der Waals surface area contributed by atoms with Crippen molar-refractivity contribution in [1.82, 2.24) is 0 Å². The number of hydrogen-bond acceptors (Lipinski definition) is 9. The molecule has 2 unspecified atom stereocenters. The standard InChI is InChI=1S/C30H40O9/c1-14-9-22(38-27(36)18(14)12-31)15(2)20-11-21(33)26-17-10-25-30(39-25)24(35)6-5-23(34)29(30,13-37-16(3)32)19(17)7-8-28(20,26)4/h5-6,15,17,19-22,24-26,31,33,35H,7-13H2,1-4H3/t15?,17-,19+,20-,21+,22?,24+,25-,26-,28-,29+,30-/m1/s1. The molecule has 9 heteroatoms. The zero-order valence-electron chi connectivity index (χ0n) is 23.1. The summed E-state index contributed by atoms with van der Waals surface area (Å²) in [5.74, 6) is -1.43. The first kappa shape index (κ1) is 27.1. The lowest BCUT2D eigenvalue weighted by atomic mass is 9.43. The van der Waals surface area contributed by atoms with Gasteiger partial charge in [0.1, 0.15) is 29.8 Å². The summed E-state index contributed by atoms with van der Waals surface area (Å²) in [5, 5.41) is 32.2. The van der Waals surface area contributed by atoms with Crippen molar-refractivity contribution in [3.05, 3.63) is 23.3 Å². The first-order chi connectivity index (χ1) is 18.4. The van der Waals surface area contributed by atoms with Crippen molar-refractivity contribution in [2.24, 2.45) is 40.4 Å². The lowest BCUT2D eigenvalue weighted by molar-refractivity contribution is -0.177. The third-order valence-electron chi connectivity index (χ3n) is 11.8. The molecule has 3 N–H and O–H groups in total. The Morgan fingerprint density at radius 2 is 2.00 bits per heavy atom. The number of carbonyl (C=O) groups excluding carboxylic acids is 3. The summed E-state index contributed by atoms with van der Waals surface area (Å²) in [4.78, 5) is 38.2. The second-order valence-electron chi connectivity index (χ2n) is 13.2. The number of ether oxygens (including phenoxy) is 3. The van der Waals surface area contributed by atoms with Crippen LogP contribution < -0.4 is 0 Å². The van der Waals surface area contributed by atoms with E-state index in [1.807, 2.05) is 6.92 Å². The fraction of sp³-hybridized carbons (Fsp3) is 0.767. The lowest BCUT2D eigenvalue weighted by Crippen LogP contribution is -2.67. The maximum absolute atomic E-state index is 13.7. The third-order valence-corrected chi connectivity index (χ3v) is 11.8. The summed E-state index contributed by atoms with van der Waals surface area (Å²) in [6.45, 7) is 7.02. The number of fused-ring (bicyclic) bond motifs is 4. The van der Waals surface area contributed by atoms with E-state index in [9.17, 15) is 29.7 Å². The SMILES string of the molecule is CC(=O)OC[C@]12C(=O)C=C[C@H](O)[C@]13O[C@@H]3C[C@H]1[C@@H]3[C@@H](O)C[C@H](C(C)C4CC(C)=C(CO)C(=O)O4)[C@@]3(C)CC[C@@H]12. The van der Waals surface area contributed by atoms with Crippen LogP contribution in [0.25, 0.3) is 0 Å². The van der Waals surface area contributed by atoms with Gasteiger partial charge in [0.25, 0.3) is 0 Å². The minimum absolute atomic E-state index is 0.0127. The molecule has 0 amide bonds. The van der Waals surface area contributed by atoms with E-state index >= 15 is 0 Å². The van der Waals surface area contributed by atoms with Gasteiger partial charge in [-0.2, -0.15) is 0 Å². The largest absolute Gasteiger partial charge is 0.465 e. The first-order valence-electron chi connectivity index (χ1n) is 14.3. The lowest BCUT2D eigenvalue weighted by Gasteiger charge is -2.59. The summed E-state index contributed by atoms with van der Waals surface area (Å²) in [7, 11) is 0. The van der Waals surface area contributed by atoms with Crippen LogP contribution in [0.15, 0.2) is 23.3 Å². The van der Waals surface area contributed by atoms with Crippen LogP contribution in [0.3, 0.4) is 0 Å². The van der Waals surface area contributed by atoms with Gasteiger partial charge in [0.05, 0.1) is 24.4 Å². The van der Waals surface area contributed by atoms with E-state index in [1.165, 1.54) is 19.1 Å². The molecule has 214 valence electrons. The number of aliphatic hydroxyl groups is 3. The molecule has 0 aromatic heterocycles. The van der Waals surface area contributed by atoms with Crippen LogP contribution in [-0.2, 0) is 28.6 Å². The molecule has 1 saturated heterocycles. The van der Waals surface area contributed by atoms with Crippen LogP contribution in [0.2, 0.25) is 0 Å². The Balaban J connectivity index is 1.33. The maximum Gasteiger partial charge on any atom is 0.336 e. The Hall–Kier alpha value is -2.07. The molecule has 0 bridgehead atoms. The fourth-order valence-electron chi connectivity index (χ4n) is 9.99. The molecule has 4 aliphatic carbocycles. The molecule has 2 heterocycles. The van der Waals surface area contributed by atoms with Crippen molar-refractivity contribution in [2.75, 3.05) is 13.2 Å². The molecule has 4 fully saturated rings. The number of carbonyl (C=O) groups is 3. The summed E-state index contributed by atoms with van der Waals surface area (Å²) in [5.41, 5.74) is -1.36. The van der Waals surface area contributed by atoms with Crippen LogP contribution in [0, 0.1) is 40.4 Å². The quantitative estimate of drug-likeness (QED) is 0.349. The molecule has 12 atom stereocenters. The highest BCUT2D eigenvalue weighted by Gasteiger charge is 2.82. The highest BCUT2D eigenvalue weighted by molar-refractivity contribution is 5.99. The molecular weight excluding hydrogens is 504 g/mol. The normalized spacial score (nSPS) is 48.9. The van der Waals surface area contributed by atoms with Crippen LogP contribution >= 0.6 is 0 Å². The molecule has 1 spiro atoms. The van der Waals surface area contributed by atoms with Gasteiger partial charge in [0.15, 0.2) is 5.78 Å². The van der Waals surface area contributed by atoms with Gasteiger partial charge in [0.2, 0.25) is 0 Å². The average Bonchev–Trinajstić information content (AvgIpc) is 3.54. The molecule has 0 aromatic carbocycles. The summed E-state index contributed by atoms with van der Waals surface area (Å²) in [6, 6.07) is 0. The summed E-state index contributed by atoms with van der Waals surface area (Å²) in [6.07, 6.45) is 3.84. The number of rotatable bonds is 5. The zero-order chi connectivity index (χ0) is 28.1. The number of esters is 2. The van der Waals surface area contributed by atoms with E-state index in [-0.39, 0.29) is 66.2 Å². The third kappa shape index (κ3) is 3.49. The highest BCUT2D eigenvalue weighted by atomic mass is 16.6. The van der Waals surface area contributed by atoms with Crippen molar-refractivity contribution >= 4 is 17.7 Å². The molecular formula is C30H40O9. The van der Waals surface area contributed by atoms with E-state index in [4.69, 9.17) is 14.2 Å². The maximum atomic E-state index is 13.7. The molecule has 6 aliphatic rings. The van der Waals surface area contributed by atoms with Crippen molar-refractivity contribution in [3.63, 3.8) is 0 Å². The molecule has 6 rings (SSSR count). The van der Waals surface area contributed by atoms with Gasteiger partial charge in [-0.25, -0.2) is 4.79 Å². The highest BCUT2D eigenvalue weighted by Crippen LogP contribution is 2.73. The minimum atomic E-state index is -1.19. The van der Waals surface area contributed by atoms with Crippen molar-refractivity contribution < 1.29 is 43.9 Å². The van der Waals surface area contributed by atoms with Crippen LogP contribution in [-0.4, -0.2) is 76.3 Å². The van der Waals surface area contributed by atoms with Gasteiger partial charge in [-0.3, -0.25) is 9.59 Å². The second kappa shape index (κ2) is 8.96. The number of cyclic esters (lactones) is 1. The molecule has 0 radical (unpaired) electrons.